The molecule has 2 amide bonds. The summed E-state index contributed by atoms with van der Waals surface area (Å²) in [5, 5.41) is 10.7. The summed E-state index contributed by atoms with van der Waals surface area (Å²) in [6.07, 6.45) is -1.98. The maximum absolute atomic E-state index is 12.4. The molecule has 2 aromatic rings. The van der Waals surface area contributed by atoms with Crippen LogP contribution in [0.25, 0.3) is 0 Å². The van der Waals surface area contributed by atoms with Gasteiger partial charge in [-0.05, 0) is 25.0 Å². The van der Waals surface area contributed by atoms with E-state index in [1.165, 1.54) is 9.80 Å². The topological polar surface area (TPSA) is 79.3 Å². The highest BCUT2D eigenvalue weighted by Gasteiger charge is 2.24. The standard InChI is InChI=1S/C23H30N2O5/c1-3-29-22(27)24(15-19-11-7-5-8-12-19)17-21(26)18-25(23(28)30-4-2)16-20-13-9-6-10-14-20/h5-14,21,26H,3-4,15-18H2,1-2H3. The van der Waals surface area contributed by atoms with Crippen molar-refractivity contribution >= 4 is 12.2 Å². The van der Waals surface area contributed by atoms with Gasteiger partial charge >= 0.3 is 12.2 Å². The van der Waals surface area contributed by atoms with E-state index in [0.717, 1.165) is 11.1 Å². The van der Waals surface area contributed by atoms with Crippen LogP contribution >= 0.6 is 0 Å². The molecule has 0 aliphatic heterocycles. The molecule has 0 fully saturated rings. The van der Waals surface area contributed by atoms with Crippen LogP contribution in [0.5, 0.6) is 0 Å². The molecule has 0 saturated carbocycles. The van der Waals surface area contributed by atoms with E-state index in [1.807, 2.05) is 60.7 Å². The molecule has 0 aromatic heterocycles. The maximum atomic E-state index is 12.4. The van der Waals surface area contributed by atoms with Crippen LogP contribution in [0.2, 0.25) is 0 Å². The Morgan fingerprint density at radius 3 is 1.47 bits per heavy atom. The Balaban J connectivity index is 2.07. The van der Waals surface area contributed by atoms with Gasteiger partial charge in [0, 0.05) is 13.1 Å². The fourth-order valence-electron chi connectivity index (χ4n) is 3.01. The molecule has 30 heavy (non-hydrogen) atoms. The van der Waals surface area contributed by atoms with Crippen LogP contribution in [-0.2, 0) is 22.6 Å². The monoisotopic (exact) mass is 414 g/mol. The summed E-state index contributed by atoms with van der Waals surface area (Å²) in [5.41, 5.74) is 1.84. The third-order valence-electron chi connectivity index (χ3n) is 4.35. The Hall–Kier alpha value is -3.06. The van der Waals surface area contributed by atoms with E-state index in [4.69, 9.17) is 9.47 Å². The van der Waals surface area contributed by atoms with Gasteiger partial charge < -0.3 is 24.4 Å². The lowest BCUT2D eigenvalue weighted by molar-refractivity contribution is 0.0463. The summed E-state index contributed by atoms with van der Waals surface area (Å²) >= 11 is 0. The molecule has 0 bridgehead atoms. The van der Waals surface area contributed by atoms with Crippen molar-refractivity contribution in [1.82, 2.24) is 9.80 Å². The summed E-state index contributed by atoms with van der Waals surface area (Å²) < 4.78 is 10.3. The molecule has 0 spiro atoms. The molecule has 2 aromatic carbocycles. The zero-order valence-corrected chi connectivity index (χ0v) is 17.6. The van der Waals surface area contributed by atoms with Crippen LogP contribution in [0.3, 0.4) is 0 Å². The van der Waals surface area contributed by atoms with Crippen molar-refractivity contribution in [2.45, 2.75) is 33.0 Å². The Morgan fingerprint density at radius 2 is 1.13 bits per heavy atom. The fourth-order valence-corrected chi connectivity index (χ4v) is 3.01. The van der Waals surface area contributed by atoms with Gasteiger partial charge in [-0.1, -0.05) is 60.7 Å². The molecule has 7 heteroatoms. The van der Waals surface area contributed by atoms with Crippen molar-refractivity contribution in [3.63, 3.8) is 0 Å². The minimum absolute atomic E-state index is 0.0262. The molecule has 0 heterocycles. The average molecular weight is 415 g/mol. The van der Waals surface area contributed by atoms with Gasteiger partial charge in [-0.25, -0.2) is 9.59 Å². The van der Waals surface area contributed by atoms with Gasteiger partial charge in [-0.3, -0.25) is 0 Å². The van der Waals surface area contributed by atoms with Gasteiger partial charge in [0.15, 0.2) is 0 Å². The van der Waals surface area contributed by atoms with Crippen molar-refractivity contribution in [3.05, 3.63) is 71.8 Å². The number of hydrogen-bond acceptors (Lipinski definition) is 5. The third-order valence-corrected chi connectivity index (χ3v) is 4.35. The van der Waals surface area contributed by atoms with Crippen LogP contribution in [0, 0.1) is 0 Å². The van der Waals surface area contributed by atoms with Gasteiger partial charge in [-0.15, -0.1) is 0 Å². The number of hydrogen-bond donors (Lipinski definition) is 1. The number of benzene rings is 2. The zero-order chi connectivity index (χ0) is 21.8. The Morgan fingerprint density at radius 1 is 0.767 bits per heavy atom. The van der Waals surface area contributed by atoms with Gasteiger partial charge in [0.25, 0.3) is 0 Å². The van der Waals surface area contributed by atoms with Crippen LogP contribution in [0.1, 0.15) is 25.0 Å². The van der Waals surface area contributed by atoms with Crippen molar-refractivity contribution in [3.8, 4) is 0 Å². The molecule has 0 atom stereocenters. The number of nitrogens with zero attached hydrogens (tertiary/aromatic N) is 2. The minimum atomic E-state index is -0.966. The number of carbonyl (C=O) groups is 2. The molecule has 0 aliphatic carbocycles. The molecule has 7 nitrogen and oxygen atoms in total. The van der Waals surface area contributed by atoms with E-state index in [9.17, 15) is 14.7 Å². The highest BCUT2D eigenvalue weighted by atomic mass is 16.6. The number of rotatable bonds is 10. The molecular weight excluding hydrogens is 384 g/mol. The van der Waals surface area contributed by atoms with E-state index in [2.05, 4.69) is 0 Å². The van der Waals surface area contributed by atoms with E-state index in [-0.39, 0.29) is 26.3 Å². The molecular formula is C23H30N2O5. The zero-order valence-electron chi connectivity index (χ0n) is 17.6. The second-order valence-corrected chi connectivity index (χ2v) is 6.78. The third kappa shape index (κ3) is 7.75. The second kappa shape index (κ2) is 12.5. The SMILES string of the molecule is CCOC(=O)N(Cc1ccccc1)CC(O)CN(Cc1ccccc1)C(=O)OCC. The average Bonchev–Trinajstić information content (AvgIpc) is 2.74. The lowest BCUT2D eigenvalue weighted by Gasteiger charge is -2.28. The van der Waals surface area contributed by atoms with Crippen molar-refractivity contribution in [1.29, 1.82) is 0 Å². The Kier molecular flexibility index (Phi) is 9.67. The minimum Gasteiger partial charge on any atom is -0.450 e. The summed E-state index contributed by atoms with van der Waals surface area (Å²) in [5.74, 6) is 0. The van der Waals surface area contributed by atoms with Crippen molar-refractivity contribution < 1.29 is 24.2 Å². The van der Waals surface area contributed by atoms with E-state index < -0.39 is 18.3 Å². The Labute approximate surface area is 177 Å². The first kappa shape index (κ1) is 23.2. The van der Waals surface area contributed by atoms with Gasteiger partial charge in [0.2, 0.25) is 0 Å². The molecule has 0 saturated heterocycles. The molecule has 0 radical (unpaired) electrons. The van der Waals surface area contributed by atoms with Crippen molar-refractivity contribution in [2.24, 2.45) is 0 Å². The van der Waals surface area contributed by atoms with Gasteiger partial charge in [0.05, 0.1) is 32.4 Å². The van der Waals surface area contributed by atoms with Gasteiger partial charge in [-0.2, -0.15) is 0 Å². The highest BCUT2D eigenvalue weighted by Crippen LogP contribution is 2.11. The van der Waals surface area contributed by atoms with E-state index in [0.29, 0.717) is 13.1 Å². The first-order chi connectivity index (χ1) is 14.5. The summed E-state index contributed by atoms with van der Waals surface area (Å²) in [6.45, 7) is 4.60. The van der Waals surface area contributed by atoms with Crippen LogP contribution in [-0.4, -0.2) is 59.5 Å². The van der Waals surface area contributed by atoms with E-state index in [1.54, 1.807) is 13.8 Å². The Bertz CT molecular complexity index is 704. The van der Waals surface area contributed by atoms with Crippen LogP contribution < -0.4 is 0 Å². The smallest absolute Gasteiger partial charge is 0.410 e. The lowest BCUT2D eigenvalue weighted by Crippen LogP contribution is -2.44. The molecule has 2 rings (SSSR count). The number of carbonyl (C=O) groups excluding carboxylic acids is 2. The number of ether oxygens (including phenoxy) is 2. The first-order valence-electron chi connectivity index (χ1n) is 10.1. The molecule has 162 valence electrons. The molecule has 1 N–H and O–H groups in total. The maximum Gasteiger partial charge on any atom is 0.410 e. The number of aliphatic hydroxyl groups excluding tert-OH is 1. The number of amides is 2. The van der Waals surface area contributed by atoms with Crippen LogP contribution in [0.15, 0.2) is 60.7 Å². The summed E-state index contributed by atoms with van der Waals surface area (Å²) in [7, 11) is 0. The lowest BCUT2D eigenvalue weighted by atomic mass is 10.2. The van der Waals surface area contributed by atoms with Crippen LogP contribution in [0.4, 0.5) is 9.59 Å². The predicted molar refractivity (Wildman–Crippen MR) is 114 cm³/mol. The molecule has 0 unspecified atom stereocenters. The number of aliphatic hydroxyl groups is 1. The summed E-state index contributed by atoms with van der Waals surface area (Å²) in [4.78, 5) is 27.6. The summed E-state index contributed by atoms with van der Waals surface area (Å²) in [6, 6.07) is 18.9. The molecule has 0 aliphatic rings. The normalized spacial score (nSPS) is 10.5. The van der Waals surface area contributed by atoms with Crippen molar-refractivity contribution in [2.75, 3.05) is 26.3 Å². The largest absolute Gasteiger partial charge is 0.450 e. The van der Waals surface area contributed by atoms with Gasteiger partial charge in [0.1, 0.15) is 0 Å². The first-order valence-corrected chi connectivity index (χ1v) is 10.1. The second-order valence-electron chi connectivity index (χ2n) is 6.78. The highest BCUT2D eigenvalue weighted by molar-refractivity contribution is 5.68. The van der Waals surface area contributed by atoms with E-state index >= 15 is 0 Å². The predicted octanol–water partition coefficient (Wildman–Crippen LogP) is 3.66. The fraction of sp³-hybridized carbons (Fsp3) is 0.391. The quantitative estimate of drug-likeness (QED) is 0.642.